The SMILES string of the molecule is CC(=O)OC(=Cc1ccc(F)cc1F)Cn1cncn1. The van der Waals surface area contributed by atoms with Crippen LogP contribution in [0.1, 0.15) is 12.5 Å². The Hall–Kier alpha value is -2.57. The first kappa shape index (κ1) is 13.9. The minimum Gasteiger partial charge on any atom is -0.429 e. The van der Waals surface area contributed by atoms with Crippen molar-refractivity contribution in [1.82, 2.24) is 14.8 Å². The molecule has 2 rings (SSSR count). The lowest BCUT2D eigenvalue weighted by Gasteiger charge is -2.07. The second-order valence-electron chi connectivity index (χ2n) is 3.96. The number of benzene rings is 1. The number of esters is 1. The van der Waals surface area contributed by atoms with Crippen molar-refractivity contribution in [2.45, 2.75) is 13.5 Å². The van der Waals surface area contributed by atoms with Gasteiger partial charge in [-0.3, -0.25) is 4.79 Å². The zero-order valence-electron chi connectivity index (χ0n) is 10.6. The Bertz CT molecular complexity index is 639. The van der Waals surface area contributed by atoms with Crippen LogP contribution in [-0.4, -0.2) is 20.7 Å². The fraction of sp³-hybridized carbons (Fsp3) is 0.154. The second kappa shape index (κ2) is 6.05. The van der Waals surface area contributed by atoms with E-state index >= 15 is 0 Å². The third-order valence-corrected chi connectivity index (χ3v) is 2.34. The maximum Gasteiger partial charge on any atom is 0.307 e. The number of aromatic nitrogens is 3. The quantitative estimate of drug-likeness (QED) is 0.635. The van der Waals surface area contributed by atoms with E-state index < -0.39 is 17.6 Å². The van der Waals surface area contributed by atoms with Gasteiger partial charge >= 0.3 is 5.97 Å². The highest BCUT2D eigenvalue weighted by atomic mass is 19.1. The van der Waals surface area contributed by atoms with Crippen LogP contribution < -0.4 is 0 Å². The van der Waals surface area contributed by atoms with Crippen LogP contribution in [0.4, 0.5) is 8.78 Å². The Balaban J connectivity index is 2.29. The average molecular weight is 279 g/mol. The van der Waals surface area contributed by atoms with E-state index in [9.17, 15) is 13.6 Å². The smallest absolute Gasteiger partial charge is 0.307 e. The Morgan fingerprint density at radius 2 is 2.25 bits per heavy atom. The van der Waals surface area contributed by atoms with Crippen molar-refractivity contribution >= 4 is 12.0 Å². The fourth-order valence-electron chi connectivity index (χ4n) is 1.56. The highest BCUT2D eigenvalue weighted by Gasteiger charge is 2.08. The molecule has 0 spiro atoms. The fourth-order valence-corrected chi connectivity index (χ4v) is 1.56. The van der Waals surface area contributed by atoms with E-state index in [0.29, 0.717) is 0 Å². The van der Waals surface area contributed by atoms with Crippen LogP contribution in [0, 0.1) is 11.6 Å². The third kappa shape index (κ3) is 3.71. The minimum atomic E-state index is -0.742. The first-order chi connectivity index (χ1) is 9.54. The molecule has 0 unspecified atom stereocenters. The van der Waals surface area contributed by atoms with Crippen LogP contribution in [0.2, 0.25) is 0 Å². The van der Waals surface area contributed by atoms with E-state index in [4.69, 9.17) is 4.74 Å². The summed E-state index contributed by atoms with van der Waals surface area (Å²) in [4.78, 5) is 14.8. The van der Waals surface area contributed by atoms with E-state index in [1.54, 1.807) is 0 Å². The summed E-state index contributed by atoms with van der Waals surface area (Å²) in [5, 5.41) is 3.86. The van der Waals surface area contributed by atoms with Crippen LogP contribution >= 0.6 is 0 Å². The van der Waals surface area contributed by atoms with Gasteiger partial charge in [0.1, 0.15) is 36.6 Å². The predicted octanol–water partition coefficient (Wildman–Crippen LogP) is 2.16. The van der Waals surface area contributed by atoms with E-state index in [1.807, 2.05) is 0 Å². The monoisotopic (exact) mass is 279 g/mol. The van der Waals surface area contributed by atoms with Gasteiger partial charge in [0, 0.05) is 18.6 Å². The van der Waals surface area contributed by atoms with Crippen molar-refractivity contribution in [3.05, 3.63) is 53.8 Å². The summed E-state index contributed by atoms with van der Waals surface area (Å²) < 4.78 is 32.8. The average Bonchev–Trinajstić information content (AvgIpc) is 2.84. The molecule has 104 valence electrons. The molecule has 0 saturated carbocycles. The van der Waals surface area contributed by atoms with Crippen LogP contribution in [0.3, 0.4) is 0 Å². The Labute approximate surface area is 113 Å². The van der Waals surface area contributed by atoms with Crippen molar-refractivity contribution in [3.63, 3.8) is 0 Å². The number of nitrogens with zero attached hydrogens (tertiary/aromatic N) is 3. The van der Waals surface area contributed by atoms with Crippen molar-refractivity contribution in [2.75, 3.05) is 0 Å². The summed E-state index contributed by atoms with van der Waals surface area (Å²) >= 11 is 0. The first-order valence-corrected chi connectivity index (χ1v) is 5.71. The molecule has 0 N–H and O–H groups in total. The maximum atomic E-state index is 13.6. The first-order valence-electron chi connectivity index (χ1n) is 5.71. The molecular weight excluding hydrogens is 268 g/mol. The molecule has 1 aromatic carbocycles. The van der Waals surface area contributed by atoms with Gasteiger partial charge in [0.15, 0.2) is 0 Å². The van der Waals surface area contributed by atoms with E-state index in [-0.39, 0.29) is 17.9 Å². The van der Waals surface area contributed by atoms with Gasteiger partial charge in [-0.1, -0.05) is 0 Å². The number of halogens is 2. The molecule has 0 aliphatic carbocycles. The normalized spacial score (nSPS) is 11.4. The summed E-state index contributed by atoms with van der Waals surface area (Å²) in [6, 6.07) is 3.14. The largest absolute Gasteiger partial charge is 0.429 e. The van der Waals surface area contributed by atoms with Crippen molar-refractivity contribution in [1.29, 1.82) is 0 Å². The van der Waals surface area contributed by atoms with Crippen LogP contribution in [-0.2, 0) is 16.1 Å². The minimum absolute atomic E-state index is 0.108. The number of carbonyl (C=O) groups is 1. The topological polar surface area (TPSA) is 57.0 Å². The molecule has 0 aliphatic rings. The predicted molar refractivity (Wildman–Crippen MR) is 66.1 cm³/mol. The number of carbonyl (C=O) groups excluding carboxylic acids is 1. The van der Waals surface area contributed by atoms with Gasteiger partial charge in [-0.25, -0.2) is 18.4 Å². The summed E-state index contributed by atoms with van der Waals surface area (Å²) in [7, 11) is 0. The van der Waals surface area contributed by atoms with Crippen LogP contribution in [0.25, 0.3) is 6.08 Å². The summed E-state index contributed by atoms with van der Waals surface area (Å²) in [6.07, 6.45) is 4.07. The Kier molecular flexibility index (Phi) is 4.19. The molecule has 0 aliphatic heterocycles. The second-order valence-corrected chi connectivity index (χ2v) is 3.96. The molecule has 0 bridgehead atoms. The third-order valence-electron chi connectivity index (χ3n) is 2.34. The summed E-state index contributed by atoms with van der Waals surface area (Å²) in [6.45, 7) is 1.34. The highest BCUT2D eigenvalue weighted by molar-refractivity contribution is 5.68. The lowest BCUT2D eigenvalue weighted by Crippen LogP contribution is -2.08. The van der Waals surface area contributed by atoms with Gasteiger partial charge in [0.25, 0.3) is 0 Å². The van der Waals surface area contributed by atoms with Gasteiger partial charge < -0.3 is 4.74 Å². The molecule has 20 heavy (non-hydrogen) atoms. The van der Waals surface area contributed by atoms with Gasteiger partial charge in [-0.05, 0) is 18.2 Å². The number of hydrogen-bond acceptors (Lipinski definition) is 4. The van der Waals surface area contributed by atoms with Gasteiger partial charge in [0.2, 0.25) is 0 Å². The Morgan fingerprint density at radius 3 is 2.85 bits per heavy atom. The molecule has 5 nitrogen and oxygen atoms in total. The molecule has 0 fully saturated rings. The molecular formula is C13H11F2N3O2. The number of ether oxygens (including phenoxy) is 1. The maximum absolute atomic E-state index is 13.6. The number of hydrogen-bond donors (Lipinski definition) is 0. The standard InChI is InChI=1S/C13H11F2N3O2/c1-9(19)20-12(6-18-8-16-7-17-18)4-10-2-3-11(14)5-13(10)15/h2-5,7-8H,6H2,1H3. The summed E-state index contributed by atoms with van der Waals surface area (Å²) in [5.74, 6) is -1.79. The number of rotatable bonds is 4. The molecule has 0 radical (unpaired) electrons. The molecule has 2 aromatic rings. The lowest BCUT2D eigenvalue weighted by atomic mass is 10.2. The summed E-state index contributed by atoms with van der Waals surface area (Å²) in [5.41, 5.74) is 0.114. The Morgan fingerprint density at radius 1 is 1.45 bits per heavy atom. The molecule has 0 amide bonds. The van der Waals surface area contributed by atoms with Crippen LogP contribution in [0.15, 0.2) is 36.6 Å². The molecule has 0 atom stereocenters. The highest BCUT2D eigenvalue weighted by Crippen LogP contribution is 2.15. The van der Waals surface area contributed by atoms with Crippen LogP contribution in [0.5, 0.6) is 0 Å². The molecule has 1 aromatic heterocycles. The molecule has 1 heterocycles. The van der Waals surface area contributed by atoms with Gasteiger partial charge in [-0.15, -0.1) is 0 Å². The lowest BCUT2D eigenvalue weighted by molar-refractivity contribution is -0.137. The number of allylic oxidation sites excluding steroid dienone is 1. The van der Waals surface area contributed by atoms with Crippen molar-refractivity contribution in [3.8, 4) is 0 Å². The van der Waals surface area contributed by atoms with E-state index in [1.165, 1.54) is 36.4 Å². The zero-order chi connectivity index (χ0) is 14.5. The van der Waals surface area contributed by atoms with E-state index in [0.717, 1.165) is 12.1 Å². The molecule has 0 saturated heterocycles. The van der Waals surface area contributed by atoms with Gasteiger partial charge in [0.05, 0.1) is 0 Å². The molecule has 7 heteroatoms. The van der Waals surface area contributed by atoms with E-state index in [2.05, 4.69) is 10.1 Å². The van der Waals surface area contributed by atoms with Crippen molar-refractivity contribution in [2.24, 2.45) is 0 Å². The van der Waals surface area contributed by atoms with Crippen molar-refractivity contribution < 1.29 is 18.3 Å². The van der Waals surface area contributed by atoms with Gasteiger partial charge in [-0.2, -0.15) is 5.10 Å². The zero-order valence-corrected chi connectivity index (χ0v) is 10.6.